The third kappa shape index (κ3) is 21.3. The van der Waals surface area contributed by atoms with Crippen molar-refractivity contribution >= 4 is 0 Å². The molecule has 0 amide bonds. The molecule has 0 unspecified atom stereocenters. The van der Waals surface area contributed by atoms with Crippen LogP contribution >= 0.6 is 0 Å². The van der Waals surface area contributed by atoms with Crippen LogP contribution in [0, 0.1) is 0 Å². The molecule has 2 aromatic rings. The van der Waals surface area contributed by atoms with Gasteiger partial charge in [-0.25, -0.2) is 4.98 Å². The molecular weight excluding hydrogens is 556 g/mol. The molecule has 2 nitrogen and oxygen atoms in total. The molecule has 46 heavy (non-hydrogen) atoms. The van der Waals surface area contributed by atoms with Gasteiger partial charge in [0.05, 0.1) is 5.92 Å². The molecule has 0 aliphatic heterocycles. The summed E-state index contributed by atoms with van der Waals surface area (Å²) in [4.78, 5) is 3.67. The van der Waals surface area contributed by atoms with Gasteiger partial charge in [0.25, 0.3) is 5.82 Å². The number of rotatable bonds is 34. The third-order valence-electron chi connectivity index (χ3n) is 10.4. The fraction of sp³-hybridized carbons (Fsp3) is 0.795. The van der Waals surface area contributed by atoms with E-state index >= 15 is 0 Å². The molecule has 2 rings (SSSR count). The van der Waals surface area contributed by atoms with Crippen LogP contribution in [0.1, 0.15) is 231 Å². The predicted molar refractivity (Wildman–Crippen MR) is 204 cm³/mol. The monoisotopic (exact) mass is 636 g/mol. The van der Waals surface area contributed by atoms with Gasteiger partial charge in [-0.05, 0) is 25.0 Å². The summed E-state index contributed by atoms with van der Waals surface area (Å²) < 4.78 is 2.42. The van der Waals surface area contributed by atoms with E-state index in [0.29, 0.717) is 5.92 Å². The van der Waals surface area contributed by atoms with Gasteiger partial charge >= 0.3 is 0 Å². The quantitative estimate of drug-likeness (QED) is 0.0583. The molecule has 1 aromatic carbocycles. The zero-order chi connectivity index (χ0) is 32.6. The Morgan fingerprint density at radius 1 is 0.435 bits per heavy atom. The maximum atomic E-state index is 3.67. The highest BCUT2D eigenvalue weighted by molar-refractivity contribution is 5.22. The first kappa shape index (κ1) is 40.6. The number of nitrogens with zero attached hydrogens (tertiary/aromatic N) is 1. The second-order valence-electron chi connectivity index (χ2n) is 14.7. The third-order valence-corrected chi connectivity index (χ3v) is 10.4. The summed E-state index contributed by atoms with van der Waals surface area (Å²) in [7, 11) is 0. The van der Waals surface area contributed by atoms with Gasteiger partial charge < -0.3 is 0 Å². The molecule has 1 atom stereocenters. The number of hydrogen-bond donors (Lipinski definition) is 1. The number of aromatic amines is 1. The number of imidazole rings is 1. The molecule has 0 aliphatic carbocycles. The van der Waals surface area contributed by atoms with Crippen LogP contribution in [0.3, 0.4) is 0 Å². The topological polar surface area (TPSA) is 19.7 Å². The minimum Gasteiger partial charge on any atom is -0.247 e. The van der Waals surface area contributed by atoms with Crippen LogP contribution in [0.4, 0.5) is 0 Å². The van der Waals surface area contributed by atoms with Crippen LogP contribution in [0.15, 0.2) is 42.7 Å². The van der Waals surface area contributed by atoms with Crippen molar-refractivity contribution < 1.29 is 4.57 Å². The minimum absolute atomic E-state index is 0.638. The summed E-state index contributed by atoms with van der Waals surface area (Å²) in [5, 5.41) is 0. The maximum Gasteiger partial charge on any atom is 0.262 e. The second kappa shape index (κ2) is 30.7. The average molecular weight is 636 g/mol. The van der Waals surface area contributed by atoms with Gasteiger partial charge in [-0.15, -0.1) is 0 Å². The summed E-state index contributed by atoms with van der Waals surface area (Å²) in [6.45, 7) is 4.62. The molecule has 0 radical (unpaired) electrons. The first-order chi connectivity index (χ1) is 22.9. The van der Waals surface area contributed by atoms with Gasteiger partial charge in [0.15, 0.2) is 0 Å². The summed E-state index contributed by atoms with van der Waals surface area (Å²) in [5.41, 5.74) is 1.29. The lowest BCUT2D eigenvalue weighted by Gasteiger charge is -2.14. The summed E-state index contributed by atoms with van der Waals surface area (Å²) >= 11 is 0. The Kier molecular flexibility index (Phi) is 27.1. The van der Waals surface area contributed by atoms with Crippen molar-refractivity contribution in [1.82, 2.24) is 4.98 Å². The van der Waals surface area contributed by atoms with Crippen LogP contribution in [-0.4, -0.2) is 4.98 Å². The number of aromatic nitrogens is 2. The lowest BCUT2D eigenvalue weighted by atomic mass is 9.93. The fourth-order valence-corrected chi connectivity index (χ4v) is 7.42. The average Bonchev–Trinajstić information content (AvgIpc) is 3.57. The number of hydrogen-bond acceptors (Lipinski definition) is 0. The van der Waals surface area contributed by atoms with Crippen molar-refractivity contribution in [2.75, 3.05) is 0 Å². The molecule has 1 heterocycles. The summed E-state index contributed by atoms with van der Waals surface area (Å²) in [6.07, 6.45) is 50.2. The minimum atomic E-state index is 0.638. The molecule has 0 bridgehead atoms. The molecule has 0 saturated heterocycles. The number of unbranched alkanes of at least 4 members (excludes halogenated alkanes) is 28. The van der Waals surface area contributed by atoms with Crippen LogP contribution in [0.25, 0.3) is 5.69 Å². The van der Waals surface area contributed by atoms with Crippen molar-refractivity contribution in [1.29, 1.82) is 0 Å². The van der Waals surface area contributed by atoms with Crippen molar-refractivity contribution in [3.05, 3.63) is 48.5 Å². The summed E-state index contributed by atoms with van der Waals surface area (Å²) in [5.74, 6) is 2.06. The molecule has 1 N–H and O–H groups in total. The van der Waals surface area contributed by atoms with Gasteiger partial charge in [0, 0.05) is 0 Å². The molecule has 0 fully saturated rings. The molecule has 0 saturated carbocycles. The van der Waals surface area contributed by atoms with E-state index in [4.69, 9.17) is 0 Å². The van der Waals surface area contributed by atoms with Gasteiger partial charge in [-0.2, -0.15) is 4.57 Å². The zero-order valence-corrected chi connectivity index (χ0v) is 31.2. The standard InChI is InChI=1S/C44H78N2/c1-3-5-7-9-11-13-15-17-18-19-20-22-24-26-28-30-33-37-42(44-45-40-41-46(44)43-38-34-31-35-39-43)36-32-29-27-25-23-21-16-14-12-10-8-6-4-2/h31,34-35,38-42H,3-30,32-33,36-37H2,1-2H3/p+1/t42-/m0/s1. The number of nitrogens with one attached hydrogen (secondary N) is 1. The molecule has 2 heteroatoms. The highest BCUT2D eigenvalue weighted by Crippen LogP contribution is 2.27. The zero-order valence-electron chi connectivity index (χ0n) is 31.2. The Hall–Kier alpha value is -1.57. The largest absolute Gasteiger partial charge is 0.262 e. The van der Waals surface area contributed by atoms with E-state index in [1.54, 1.807) is 0 Å². The lowest BCUT2D eigenvalue weighted by Crippen LogP contribution is -2.34. The van der Waals surface area contributed by atoms with E-state index in [1.165, 1.54) is 217 Å². The van der Waals surface area contributed by atoms with Gasteiger partial charge in [0.2, 0.25) is 0 Å². The predicted octanol–water partition coefficient (Wildman–Crippen LogP) is 14.9. The SMILES string of the molecule is CCCCCCCCCCCCCCCCCCC[C@H](CCCCCCCCCCCCCCC)c1[nH]cc[n+]1-c1ccccc1. The highest BCUT2D eigenvalue weighted by Gasteiger charge is 2.23. The van der Waals surface area contributed by atoms with Crippen molar-refractivity contribution in [3.63, 3.8) is 0 Å². The Bertz CT molecular complexity index is 871. The Labute approximate surface area is 288 Å². The first-order valence-electron chi connectivity index (χ1n) is 21.0. The number of benzene rings is 1. The van der Waals surface area contributed by atoms with Crippen molar-refractivity contribution in [2.24, 2.45) is 0 Å². The molecule has 0 spiro atoms. The Morgan fingerprint density at radius 3 is 1.11 bits per heavy atom. The molecule has 1 aromatic heterocycles. The van der Waals surface area contributed by atoms with Gasteiger partial charge in [0.1, 0.15) is 18.1 Å². The normalized spacial score (nSPS) is 12.2. The Morgan fingerprint density at radius 2 is 0.761 bits per heavy atom. The fourth-order valence-electron chi connectivity index (χ4n) is 7.42. The second-order valence-corrected chi connectivity index (χ2v) is 14.7. The molecule has 264 valence electrons. The molecular formula is C44H79N2+. The van der Waals surface area contributed by atoms with Crippen LogP contribution in [0.2, 0.25) is 0 Å². The number of H-pyrrole nitrogens is 1. The van der Waals surface area contributed by atoms with Gasteiger partial charge in [-0.3, -0.25) is 0 Å². The Balaban J connectivity index is 1.57. The van der Waals surface area contributed by atoms with Crippen LogP contribution in [-0.2, 0) is 0 Å². The number of para-hydroxylation sites is 1. The first-order valence-corrected chi connectivity index (χ1v) is 21.0. The van der Waals surface area contributed by atoms with E-state index in [2.05, 4.69) is 66.1 Å². The summed E-state index contributed by atoms with van der Waals surface area (Å²) in [6, 6.07) is 10.9. The van der Waals surface area contributed by atoms with E-state index in [-0.39, 0.29) is 0 Å². The van der Waals surface area contributed by atoms with Crippen LogP contribution in [0.5, 0.6) is 0 Å². The van der Waals surface area contributed by atoms with E-state index < -0.39 is 0 Å². The van der Waals surface area contributed by atoms with Crippen molar-refractivity contribution in [3.8, 4) is 5.69 Å². The lowest BCUT2D eigenvalue weighted by molar-refractivity contribution is -0.604. The smallest absolute Gasteiger partial charge is 0.247 e. The van der Waals surface area contributed by atoms with Gasteiger partial charge in [-0.1, -0.05) is 225 Å². The maximum absolute atomic E-state index is 3.67. The molecule has 0 aliphatic rings. The van der Waals surface area contributed by atoms with Crippen LogP contribution < -0.4 is 4.57 Å². The van der Waals surface area contributed by atoms with E-state index in [1.807, 2.05) is 0 Å². The highest BCUT2D eigenvalue weighted by atomic mass is 15.1. The van der Waals surface area contributed by atoms with E-state index in [0.717, 1.165) is 0 Å². The van der Waals surface area contributed by atoms with E-state index in [9.17, 15) is 0 Å². The van der Waals surface area contributed by atoms with Crippen molar-refractivity contribution in [2.45, 2.75) is 225 Å².